The molecule has 1 atom stereocenters. The molecule has 2 nitrogen and oxygen atoms in total. The average Bonchev–Trinajstić information content (AvgIpc) is 2.25. The van der Waals surface area contributed by atoms with Gasteiger partial charge in [0.05, 0.1) is 5.69 Å². The highest BCUT2D eigenvalue weighted by Crippen LogP contribution is 2.07. The minimum absolute atomic E-state index is 0.495. The summed E-state index contributed by atoms with van der Waals surface area (Å²) in [6, 6.07) is 4.52. The standard InChI is InChI=1S/C11H16BrClN2/c1-9(3-2-6-13)14-8-11-5-4-10(12)7-15-11/h4-5,7,9,14H,2-3,6,8H2,1H3. The maximum absolute atomic E-state index is 5.63. The third kappa shape index (κ3) is 5.50. The number of hydrogen-bond donors (Lipinski definition) is 1. The highest BCUT2D eigenvalue weighted by molar-refractivity contribution is 9.10. The van der Waals surface area contributed by atoms with E-state index in [0.29, 0.717) is 6.04 Å². The summed E-state index contributed by atoms with van der Waals surface area (Å²) in [4.78, 5) is 4.30. The number of nitrogens with one attached hydrogen (secondary N) is 1. The Bertz CT molecular complexity index is 276. The molecule has 0 aliphatic rings. The van der Waals surface area contributed by atoms with Gasteiger partial charge in [-0.3, -0.25) is 4.98 Å². The summed E-state index contributed by atoms with van der Waals surface area (Å²) < 4.78 is 1.02. The molecule has 1 rings (SSSR count). The average molecular weight is 292 g/mol. The first-order valence-corrected chi connectivity index (χ1v) is 6.45. The predicted octanol–water partition coefficient (Wildman–Crippen LogP) is 3.34. The Kier molecular flexibility index (Phi) is 6.22. The zero-order valence-electron chi connectivity index (χ0n) is 8.84. The molecular weight excluding hydrogens is 275 g/mol. The van der Waals surface area contributed by atoms with E-state index in [2.05, 4.69) is 33.2 Å². The first-order valence-electron chi connectivity index (χ1n) is 5.12. The zero-order valence-corrected chi connectivity index (χ0v) is 11.2. The molecule has 1 heterocycles. The maximum atomic E-state index is 5.63. The van der Waals surface area contributed by atoms with Gasteiger partial charge >= 0.3 is 0 Å². The highest BCUT2D eigenvalue weighted by atomic mass is 79.9. The molecule has 0 bridgehead atoms. The molecule has 0 aliphatic carbocycles. The van der Waals surface area contributed by atoms with Gasteiger partial charge in [0.15, 0.2) is 0 Å². The number of aromatic nitrogens is 1. The summed E-state index contributed by atoms with van der Waals surface area (Å²) in [5.41, 5.74) is 1.07. The van der Waals surface area contributed by atoms with Crippen LogP contribution < -0.4 is 5.32 Å². The summed E-state index contributed by atoms with van der Waals surface area (Å²) >= 11 is 9.00. The SMILES string of the molecule is CC(CCCCl)NCc1ccc(Br)cn1. The second-order valence-electron chi connectivity index (χ2n) is 3.58. The first kappa shape index (κ1) is 12.9. The molecule has 0 radical (unpaired) electrons. The van der Waals surface area contributed by atoms with Crippen LogP contribution in [0.4, 0.5) is 0 Å². The molecule has 0 spiro atoms. The third-order valence-corrected chi connectivity index (χ3v) is 2.93. The fraction of sp³-hybridized carbons (Fsp3) is 0.545. The number of pyridine rings is 1. The van der Waals surface area contributed by atoms with E-state index in [9.17, 15) is 0 Å². The Labute approximate surface area is 105 Å². The van der Waals surface area contributed by atoms with Crippen LogP contribution in [0.15, 0.2) is 22.8 Å². The molecule has 1 N–H and O–H groups in total. The van der Waals surface area contributed by atoms with E-state index in [4.69, 9.17) is 11.6 Å². The van der Waals surface area contributed by atoms with Crippen molar-refractivity contribution in [2.75, 3.05) is 5.88 Å². The van der Waals surface area contributed by atoms with Crippen molar-refractivity contribution in [3.63, 3.8) is 0 Å². The molecule has 1 aromatic heterocycles. The van der Waals surface area contributed by atoms with Crippen LogP contribution in [0.2, 0.25) is 0 Å². The quantitative estimate of drug-likeness (QED) is 0.813. The van der Waals surface area contributed by atoms with Gasteiger partial charge < -0.3 is 5.32 Å². The minimum atomic E-state index is 0.495. The third-order valence-electron chi connectivity index (χ3n) is 2.19. The molecule has 0 saturated heterocycles. The second-order valence-corrected chi connectivity index (χ2v) is 4.87. The Morgan fingerprint density at radius 3 is 2.93 bits per heavy atom. The van der Waals surface area contributed by atoms with Crippen molar-refractivity contribution >= 4 is 27.5 Å². The van der Waals surface area contributed by atoms with Gasteiger partial charge in [0, 0.05) is 29.1 Å². The van der Waals surface area contributed by atoms with Crippen LogP contribution in [0.3, 0.4) is 0 Å². The van der Waals surface area contributed by atoms with Gasteiger partial charge in [-0.2, -0.15) is 0 Å². The summed E-state index contributed by atoms with van der Waals surface area (Å²) in [5.74, 6) is 0.739. The topological polar surface area (TPSA) is 24.9 Å². The van der Waals surface area contributed by atoms with Crippen LogP contribution in [0.5, 0.6) is 0 Å². The maximum Gasteiger partial charge on any atom is 0.0542 e. The van der Waals surface area contributed by atoms with Gasteiger partial charge in [0.25, 0.3) is 0 Å². The van der Waals surface area contributed by atoms with Gasteiger partial charge in [-0.05, 0) is 47.8 Å². The lowest BCUT2D eigenvalue weighted by Crippen LogP contribution is -2.25. The lowest BCUT2D eigenvalue weighted by Gasteiger charge is -2.12. The van der Waals surface area contributed by atoms with Gasteiger partial charge in [0.2, 0.25) is 0 Å². The normalized spacial score (nSPS) is 12.7. The fourth-order valence-electron chi connectivity index (χ4n) is 1.28. The zero-order chi connectivity index (χ0) is 11.1. The lowest BCUT2D eigenvalue weighted by atomic mass is 10.2. The van der Waals surface area contributed by atoms with Crippen molar-refractivity contribution in [2.24, 2.45) is 0 Å². The highest BCUT2D eigenvalue weighted by Gasteiger charge is 2.01. The predicted molar refractivity (Wildman–Crippen MR) is 68.2 cm³/mol. The monoisotopic (exact) mass is 290 g/mol. The van der Waals surface area contributed by atoms with Gasteiger partial charge in [-0.25, -0.2) is 0 Å². The molecule has 15 heavy (non-hydrogen) atoms. The molecular formula is C11H16BrClN2. The van der Waals surface area contributed by atoms with Gasteiger partial charge in [-0.15, -0.1) is 11.6 Å². The Morgan fingerprint density at radius 2 is 2.33 bits per heavy atom. The molecule has 0 amide bonds. The van der Waals surface area contributed by atoms with Crippen LogP contribution in [0, 0.1) is 0 Å². The summed E-state index contributed by atoms with van der Waals surface area (Å²) in [5, 5.41) is 3.42. The van der Waals surface area contributed by atoms with E-state index in [1.165, 1.54) is 0 Å². The van der Waals surface area contributed by atoms with Crippen molar-refractivity contribution in [3.8, 4) is 0 Å². The molecule has 0 aliphatic heterocycles. The summed E-state index contributed by atoms with van der Waals surface area (Å²) in [6.07, 6.45) is 3.99. The number of nitrogens with zero attached hydrogens (tertiary/aromatic N) is 1. The number of hydrogen-bond acceptors (Lipinski definition) is 2. The smallest absolute Gasteiger partial charge is 0.0542 e. The number of alkyl halides is 1. The van der Waals surface area contributed by atoms with Crippen molar-refractivity contribution in [2.45, 2.75) is 32.4 Å². The summed E-state index contributed by atoms with van der Waals surface area (Å²) in [7, 11) is 0. The van der Waals surface area contributed by atoms with Crippen molar-refractivity contribution < 1.29 is 0 Å². The Morgan fingerprint density at radius 1 is 1.53 bits per heavy atom. The van der Waals surface area contributed by atoms with Crippen LogP contribution in [-0.2, 0) is 6.54 Å². The first-order chi connectivity index (χ1) is 7.22. The molecule has 0 saturated carbocycles. The van der Waals surface area contributed by atoms with Gasteiger partial charge in [-0.1, -0.05) is 0 Å². The molecule has 84 valence electrons. The minimum Gasteiger partial charge on any atom is -0.309 e. The summed E-state index contributed by atoms with van der Waals surface area (Å²) in [6.45, 7) is 2.99. The Balaban J connectivity index is 2.27. The van der Waals surface area contributed by atoms with Crippen LogP contribution in [-0.4, -0.2) is 16.9 Å². The Hall–Kier alpha value is -0.120. The molecule has 0 aromatic carbocycles. The molecule has 1 aromatic rings. The fourth-order valence-corrected chi connectivity index (χ4v) is 1.66. The number of rotatable bonds is 6. The van der Waals surface area contributed by atoms with Crippen LogP contribution >= 0.6 is 27.5 Å². The van der Waals surface area contributed by atoms with Crippen molar-refractivity contribution in [1.29, 1.82) is 0 Å². The van der Waals surface area contributed by atoms with Crippen molar-refractivity contribution in [1.82, 2.24) is 10.3 Å². The second kappa shape index (κ2) is 7.20. The largest absolute Gasteiger partial charge is 0.309 e. The molecule has 0 fully saturated rings. The van der Waals surface area contributed by atoms with E-state index in [-0.39, 0.29) is 0 Å². The van der Waals surface area contributed by atoms with E-state index < -0.39 is 0 Å². The van der Waals surface area contributed by atoms with E-state index >= 15 is 0 Å². The molecule has 4 heteroatoms. The number of halogens is 2. The van der Waals surface area contributed by atoms with E-state index in [0.717, 1.165) is 35.4 Å². The van der Waals surface area contributed by atoms with E-state index in [1.54, 1.807) is 0 Å². The van der Waals surface area contributed by atoms with Crippen LogP contribution in [0.25, 0.3) is 0 Å². The molecule has 1 unspecified atom stereocenters. The lowest BCUT2D eigenvalue weighted by molar-refractivity contribution is 0.505. The van der Waals surface area contributed by atoms with E-state index in [1.807, 2.05) is 18.3 Å². The van der Waals surface area contributed by atoms with Crippen LogP contribution in [0.1, 0.15) is 25.5 Å². The van der Waals surface area contributed by atoms with Crippen molar-refractivity contribution in [3.05, 3.63) is 28.5 Å². The van der Waals surface area contributed by atoms with Gasteiger partial charge in [0.1, 0.15) is 0 Å².